The number of anilines is 1. The Morgan fingerprint density at radius 3 is 2.94 bits per heavy atom. The van der Waals surface area contributed by atoms with Crippen molar-refractivity contribution in [3.63, 3.8) is 0 Å². The molecule has 4 heteroatoms. The van der Waals surface area contributed by atoms with Crippen LogP contribution in [0, 0.1) is 0 Å². The minimum absolute atomic E-state index is 0.302. The van der Waals surface area contributed by atoms with Crippen molar-refractivity contribution in [3.05, 3.63) is 24.0 Å². The molecule has 0 aliphatic heterocycles. The molecule has 1 aliphatic carbocycles. The lowest BCUT2D eigenvalue weighted by atomic mass is 9.95. The van der Waals surface area contributed by atoms with Crippen LogP contribution in [0.5, 0.6) is 0 Å². The highest BCUT2D eigenvalue weighted by atomic mass is 16.5. The number of rotatable bonds is 4. The lowest BCUT2D eigenvalue weighted by Gasteiger charge is -2.24. The van der Waals surface area contributed by atoms with E-state index < -0.39 is 0 Å². The van der Waals surface area contributed by atoms with Gasteiger partial charge in [0, 0.05) is 18.4 Å². The Kier molecular flexibility index (Phi) is 4.56. The van der Waals surface area contributed by atoms with Crippen LogP contribution in [0.3, 0.4) is 0 Å². The molecule has 0 amide bonds. The molecular formula is C14H20N2O2. The number of pyridine rings is 1. The van der Waals surface area contributed by atoms with Crippen LogP contribution in [0.25, 0.3) is 0 Å². The van der Waals surface area contributed by atoms with Crippen molar-refractivity contribution >= 4 is 11.7 Å². The van der Waals surface area contributed by atoms with Crippen molar-refractivity contribution in [2.45, 2.75) is 45.1 Å². The maximum absolute atomic E-state index is 11.8. The number of nitrogens with zero attached hydrogens (tertiary/aromatic N) is 1. The molecule has 0 unspecified atom stereocenters. The number of hydrogen-bond donors (Lipinski definition) is 1. The number of nitrogens with one attached hydrogen (secondary N) is 1. The SMILES string of the molecule is CCOC(=O)c1cnccc1NC1CCCCC1. The van der Waals surface area contributed by atoms with E-state index in [1.165, 1.54) is 32.1 Å². The smallest absolute Gasteiger partial charge is 0.341 e. The summed E-state index contributed by atoms with van der Waals surface area (Å²) in [7, 11) is 0. The van der Waals surface area contributed by atoms with E-state index in [9.17, 15) is 4.79 Å². The van der Waals surface area contributed by atoms with E-state index >= 15 is 0 Å². The predicted octanol–water partition coefficient (Wildman–Crippen LogP) is 3.00. The van der Waals surface area contributed by atoms with Crippen molar-refractivity contribution < 1.29 is 9.53 Å². The van der Waals surface area contributed by atoms with Gasteiger partial charge in [0.2, 0.25) is 0 Å². The summed E-state index contributed by atoms with van der Waals surface area (Å²) in [5, 5.41) is 3.45. The van der Waals surface area contributed by atoms with Gasteiger partial charge in [-0.3, -0.25) is 4.98 Å². The Hall–Kier alpha value is -1.58. The highest BCUT2D eigenvalue weighted by Crippen LogP contribution is 2.23. The number of esters is 1. The number of carbonyl (C=O) groups is 1. The van der Waals surface area contributed by atoms with Crippen LogP contribution in [0.4, 0.5) is 5.69 Å². The molecule has 1 aliphatic rings. The Morgan fingerprint density at radius 2 is 2.22 bits per heavy atom. The lowest BCUT2D eigenvalue weighted by Crippen LogP contribution is -2.23. The molecular weight excluding hydrogens is 228 g/mol. The summed E-state index contributed by atoms with van der Waals surface area (Å²) in [4.78, 5) is 15.8. The van der Waals surface area contributed by atoms with Crippen LogP contribution in [0.1, 0.15) is 49.4 Å². The molecule has 4 nitrogen and oxygen atoms in total. The average molecular weight is 248 g/mol. The highest BCUT2D eigenvalue weighted by molar-refractivity contribution is 5.95. The topological polar surface area (TPSA) is 51.2 Å². The van der Waals surface area contributed by atoms with Crippen LogP contribution in [0.15, 0.2) is 18.5 Å². The molecule has 0 radical (unpaired) electrons. The Bertz CT molecular complexity index is 401. The van der Waals surface area contributed by atoms with Gasteiger partial charge < -0.3 is 10.1 Å². The zero-order valence-electron chi connectivity index (χ0n) is 10.8. The summed E-state index contributed by atoms with van der Waals surface area (Å²) in [6, 6.07) is 2.32. The molecule has 0 bridgehead atoms. The van der Waals surface area contributed by atoms with Crippen molar-refractivity contribution in [3.8, 4) is 0 Å². The number of hydrogen-bond acceptors (Lipinski definition) is 4. The third kappa shape index (κ3) is 3.22. The second-order valence-electron chi connectivity index (χ2n) is 4.62. The number of aromatic nitrogens is 1. The summed E-state index contributed by atoms with van der Waals surface area (Å²) < 4.78 is 5.04. The van der Waals surface area contributed by atoms with Gasteiger partial charge in [-0.1, -0.05) is 19.3 Å². The van der Waals surface area contributed by atoms with Gasteiger partial charge in [0.1, 0.15) is 5.56 Å². The zero-order valence-corrected chi connectivity index (χ0v) is 10.8. The van der Waals surface area contributed by atoms with Crippen LogP contribution in [-0.4, -0.2) is 23.6 Å². The Labute approximate surface area is 108 Å². The molecule has 2 rings (SSSR count). The van der Waals surface area contributed by atoms with Crippen LogP contribution < -0.4 is 5.32 Å². The fraction of sp³-hybridized carbons (Fsp3) is 0.571. The van der Waals surface area contributed by atoms with Gasteiger partial charge in [-0.15, -0.1) is 0 Å². The van der Waals surface area contributed by atoms with E-state index in [0.717, 1.165) is 5.69 Å². The summed E-state index contributed by atoms with van der Waals surface area (Å²) in [6.07, 6.45) is 9.46. The third-order valence-corrected chi connectivity index (χ3v) is 3.28. The normalized spacial score (nSPS) is 16.3. The first-order valence-electron chi connectivity index (χ1n) is 6.69. The van der Waals surface area contributed by atoms with Gasteiger partial charge in [-0.2, -0.15) is 0 Å². The minimum Gasteiger partial charge on any atom is -0.462 e. The molecule has 1 saturated carbocycles. The van der Waals surface area contributed by atoms with E-state index in [2.05, 4.69) is 10.3 Å². The molecule has 98 valence electrons. The molecule has 1 aromatic rings. The van der Waals surface area contributed by atoms with E-state index in [4.69, 9.17) is 4.74 Å². The van der Waals surface area contributed by atoms with Crippen LogP contribution in [0.2, 0.25) is 0 Å². The molecule has 1 heterocycles. The fourth-order valence-electron chi connectivity index (χ4n) is 2.36. The van der Waals surface area contributed by atoms with Crippen molar-refractivity contribution in [2.24, 2.45) is 0 Å². The van der Waals surface area contributed by atoms with E-state index in [1.54, 1.807) is 12.4 Å². The van der Waals surface area contributed by atoms with Crippen LogP contribution >= 0.6 is 0 Å². The van der Waals surface area contributed by atoms with Gasteiger partial charge in [0.15, 0.2) is 0 Å². The average Bonchev–Trinajstić information content (AvgIpc) is 2.41. The summed E-state index contributed by atoms with van der Waals surface area (Å²) >= 11 is 0. The maximum Gasteiger partial charge on any atom is 0.341 e. The number of carbonyl (C=O) groups excluding carboxylic acids is 1. The molecule has 18 heavy (non-hydrogen) atoms. The van der Waals surface area contributed by atoms with Gasteiger partial charge in [0.05, 0.1) is 12.3 Å². The van der Waals surface area contributed by atoms with Crippen LogP contribution in [-0.2, 0) is 4.74 Å². The molecule has 1 N–H and O–H groups in total. The molecule has 0 saturated heterocycles. The van der Waals surface area contributed by atoms with Gasteiger partial charge in [-0.25, -0.2) is 4.79 Å². The Balaban J connectivity index is 2.08. The first-order valence-corrected chi connectivity index (χ1v) is 6.69. The van der Waals surface area contributed by atoms with Gasteiger partial charge in [0.25, 0.3) is 0 Å². The van der Waals surface area contributed by atoms with E-state index in [-0.39, 0.29) is 5.97 Å². The van der Waals surface area contributed by atoms with Gasteiger partial charge >= 0.3 is 5.97 Å². The fourth-order valence-corrected chi connectivity index (χ4v) is 2.36. The summed E-state index contributed by atoms with van der Waals surface area (Å²) in [6.45, 7) is 2.19. The van der Waals surface area contributed by atoms with E-state index in [1.807, 2.05) is 13.0 Å². The molecule has 0 aromatic carbocycles. The number of ether oxygens (including phenoxy) is 1. The van der Waals surface area contributed by atoms with Crippen molar-refractivity contribution in [1.29, 1.82) is 0 Å². The largest absolute Gasteiger partial charge is 0.462 e. The minimum atomic E-state index is -0.302. The quantitative estimate of drug-likeness (QED) is 0.832. The monoisotopic (exact) mass is 248 g/mol. The standard InChI is InChI=1S/C14H20N2O2/c1-2-18-14(17)12-10-15-9-8-13(12)16-11-6-4-3-5-7-11/h8-11H,2-7H2,1H3,(H,15,16). The summed E-state index contributed by atoms with van der Waals surface area (Å²) in [5.74, 6) is -0.302. The maximum atomic E-state index is 11.8. The van der Waals surface area contributed by atoms with Crippen molar-refractivity contribution in [2.75, 3.05) is 11.9 Å². The lowest BCUT2D eigenvalue weighted by molar-refractivity contribution is 0.0527. The molecule has 1 aromatic heterocycles. The predicted molar refractivity (Wildman–Crippen MR) is 70.7 cm³/mol. The Morgan fingerprint density at radius 1 is 1.44 bits per heavy atom. The van der Waals surface area contributed by atoms with Gasteiger partial charge in [-0.05, 0) is 25.8 Å². The second kappa shape index (κ2) is 6.38. The second-order valence-corrected chi connectivity index (χ2v) is 4.62. The first kappa shape index (κ1) is 12.9. The zero-order chi connectivity index (χ0) is 12.8. The highest BCUT2D eigenvalue weighted by Gasteiger charge is 2.17. The third-order valence-electron chi connectivity index (χ3n) is 3.28. The van der Waals surface area contributed by atoms with Crippen molar-refractivity contribution in [1.82, 2.24) is 4.98 Å². The first-order chi connectivity index (χ1) is 8.81. The molecule has 1 fully saturated rings. The molecule has 0 spiro atoms. The summed E-state index contributed by atoms with van der Waals surface area (Å²) in [5.41, 5.74) is 1.38. The molecule has 0 atom stereocenters. The van der Waals surface area contributed by atoms with E-state index in [0.29, 0.717) is 18.2 Å².